The molecule has 0 bridgehead atoms. The zero-order valence-electron chi connectivity index (χ0n) is 10.7. The summed E-state index contributed by atoms with van der Waals surface area (Å²) in [6.07, 6.45) is 1.63. The molecule has 1 heterocycles. The highest BCUT2D eigenvalue weighted by Crippen LogP contribution is 2.20. The minimum Gasteiger partial charge on any atom is -0.388 e. The molecule has 98 valence electrons. The summed E-state index contributed by atoms with van der Waals surface area (Å²) in [5, 5.41) is 5.84. The van der Waals surface area contributed by atoms with Gasteiger partial charge >= 0.3 is 0 Å². The minimum atomic E-state index is -0.176. The van der Waals surface area contributed by atoms with E-state index in [2.05, 4.69) is 31.5 Å². The first-order valence-electron chi connectivity index (χ1n) is 5.82. The fourth-order valence-corrected chi connectivity index (χ4v) is 2.10. The predicted molar refractivity (Wildman–Crippen MR) is 80.6 cm³/mol. The van der Waals surface area contributed by atoms with Crippen LogP contribution in [0.4, 0.5) is 11.5 Å². The van der Waals surface area contributed by atoms with Gasteiger partial charge in [0.25, 0.3) is 5.91 Å². The maximum Gasteiger partial charge on any atom is 0.256 e. The van der Waals surface area contributed by atoms with Crippen molar-refractivity contribution in [3.05, 3.63) is 52.1 Å². The molecule has 0 fully saturated rings. The molecule has 0 saturated carbocycles. The molecular weight excluding hydrogens is 306 g/mol. The van der Waals surface area contributed by atoms with Crippen LogP contribution in [0.5, 0.6) is 0 Å². The second-order valence-corrected chi connectivity index (χ2v) is 4.92. The van der Waals surface area contributed by atoms with Crippen molar-refractivity contribution in [2.45, 2.75) is 6.92 Å². The van der Waals surface area contributed by atoms with Gasteiger partial charge in [0.2, 0.25) is 0 Å². The molecule has 19 heavy (non-hydrogen) atoms. The van der Waals surface area contributed by atoms with Crippen LogP contribution in [0.25, 0.3) is 0 Å². The van der Waals surface area contributed by atoms with Gasteiger partial charge in [-0.25, -0.2) is 4.98 Å². The average Bonchev–Trinajstić information content (AvgIpc) is 2.41. The molecule has 0 saturated heterocycles. The molecular formula is C14H14BrN3O. The van der Waals surface area contributed by atoms with E-state index in [1.165, 1.54) is 0 Å². The van der Waals surface area contributed by atoms with Crippen LogP contribution >= 0.6 is 15.9 Å². The molecule has 2 rings (SSSR count). The van der Waals surface area contributed by atoms with Crippen molar-refractivity contribution < 1.29 is 4.79 Å². The molecule has 0 aliphatic heterocycles. The molecule has 0 aliphatic rings. The van der Waals surface area contributed by atoms with Crippen LogP contribution in [0, 0.1) is 6.92 Å². The number of pyridine rings is 1. The topological polar surface area (TPSA) is 54.0 Å². The number of aryl methyl sites for hydroxylation is 1. The van der Waals surface area contributed by atoms with Crippen LogP contribution < -0.4 is 10.6 Å². The van der Waals surface area contributed by atoms with Gasteiger partial charge in [-0.05, 0) is 58.7 Å². The van der Waals surface area contributed by atoms with Gasteiger partial charge in [0.05, 0.1) is 4.47 Å². The number of halogens is 1. The average molecular weight is 320 g/mol. The molecule has 4 nitrogen and oxygen atoms in total. The smallest absolute Gasteiger partial charge is 0.256 e. The maximum absolute atomic E-state index is 12.1. The number of benzene rings is 1. The fourth-order valence-electron chi connectivity index (χ4n) is 1.74. The Bertz CT molecular complexity index is 613. The quantitative estimate of drug-likeness (QED) is 0.911. The lowest BCUT2D eigenvalue weighted by molar-refractivity contribution is 0.102. The molecule has 0 unspecified atom stereocenters. The van der Waals surface area contributed by atoms with E-state index >= 15 is 0 Å². The van der Waals surface area contributed by atoms with E-state index in [9.17, 15) is 4.79 Å². The van der Waals surface area contributed by atoms with Crippen molar-refractivity contribution in [3.8, 4) is 0 Å². The van der Waals surface area contributed by atoms with E-state index in [0.717, 1.165) is 15.7 Å². The normalized spacial score (nSPS) is 10.1. The Morgan fingerprint density at radius 2 is 2.11 bits per heavy atom. The van der Waals surface area contributed by atoms with Gasteiger partial charge in [-0.15, -0.1) is 0 Å². The lowest BCUT2D eigenvalue weighted by Gasteiger charge is -2.09. The van der Waals surface area contributed by atoms with Gasteiger partial charge in [0, 0.05) is 24.5 Å². The summed E-state index contributed by atoms with van der Waals surface area (Å²) in [5.74, 6) is 0.341. The van der Waals surface area contributed by atoms with Gasteiger partial charge in [-0.1, -0.05) is 0 Å². The second kappa shape index (κ2) is 5.84. The van der Waals surface area contributed by atoms with Gasteiger partial charge in [-0.3, -0.25) is 4.79 Å². The fraction of sp³-hybridized carbons (Fsp3) is 0.143. The first kappa shape index (κ1) is 13.5. The standard InChI is InChI=1S/C14H14BrN3O/c1-9-8-10(5-6-12(9)16-2)14(19)18-13-11(15)4-3-7-17-13/h3-8,16H,1-2H3,(H,17,18,19). The van der Waals surface area contributed by atoms with E-state index in [-0.39, 0.29) is 5.91 Å². The van der Waals surface area contributed by atoms with Crippen molar-refractivity contribution in [1.29, 1.82) is 0 Å². The first-order chi connectivity index (χ1) is 9.11. The van der Waals surface area contributed by atoms with Crippen LogP contribution in [-0.4, -0.2) is 17.9 Å². The predicted octanol–water partition coefficient (Wildman–Crippen LogP) is 3.45. The van der Waals surface area contributed by atoms with Crippen molar-refractivity contribution in [3.63, 3.8) is 0 Å². The van der Waals surface area contributed by atoms with Crippen molar-refractivity contribution in [1.82, 2.24) is 4.98 Å². The van der Waals surface area contributed by atoms with E-state index in [4.69, 9.17) is 0 Å². The summed E-state index contributed by atoms with van der Waals surface area (Å²) in [6.45, 7) is 1.96. The second-order valence-electron chi connectivity index (χ2n) is 4.07. The summed E-state index contributed by atoms with van der Waals surface area (Å²) in [6, 6.07) is 9.14. The largest absolute Gasteiger partial charge is 0.388 e. The molecule has 1 aromatic carbocycles. The summed E-state index contributed by atoms with van der Waals surface area (Å²) in [5.41, 5.74) is 2.64. The van der Waals surface area contributed by atoms with E-state index in [1.807, 2.05) is 32.2 Å². The van der Waals surface area contributed by atoms with Crippen LogP contribution in [-0.2, 0) is 0 Å². The number of nitrogens with zero attached hydrogens (tertiary/aromatic N) is 1. The van der Waals surface area contributed by atoms with Gasteiger partial charge in [0.15, 0.2) is 0 Å². The van der Waals surface area contributed by atoms with Crippen molar-refractivity contribution in [2.24, 2.45) is 0 Å². The Kier molecular flexibility index (Phi) is 4.16. The Balaban J connectivity index is 2.21. The third-order valence-corrected chi connectivity index (χ3v) is 3.39. The Morgan fingerprint density at radius 1 is 1.32 bits per heavy atom. The van der Waals surface area contributed by atoms with Crippen molar-refractivity contribution in [2.75, 3.05) is 17.7 Å². The van der Waals surface area contributed by atoms with Gasteiger partial charge in [0.1, 0.15) is 5.82 Å². The molecule has 0 spiro atoms. The van der Waals surface area contributed by atoms with Crippen LogP contribution in [0.2, 0.25) is 0 Å². The van der Waals surface area contributed by atoms with Gasteiger partial charge in [-0.2, -0.15) is 0 Å². The monoisotopic (exact) mass is 319 g/mol. The third kappa shape index (κ3) is 3.12. The number of nitrogens with one attached hydrogen (secondary N) is 2. The summed E-state index contributed by atoms with van der Waals surface area (Å²) >= 11 is 3.35. The number of hydrogen-bond acceptors (Lipinski definition) is 3. The van der Waals surface area contributed by atoms with Crippen molar-refractivity contribution >= 4 is 33.3 Å². The van der Waals surface area contributed by atoms with Crippen LogP contribution in [0.3, 0.4) is 0 Å². The van der Waals surface area contributed by atoms with E-state index in [1.54, 1.807) is 18.3 Å². The molecule has 2 N–H and O–H groups in total. The summed E-state index contributed by atoms with van der Waals surface area (Å²) in [4.78, 5) is 16.2. The van der Waals surface area contributed by atoms with Crippen LogP contribution in [0.1, 0.15) is 15.9 Å². The lowest BCUT2D eigenvalue weighted by atomic mass is 10.1. The van der Waals surface area contributed by atoms with E-state index in [0.29, 0.717) is 11.4 Å². The lowest BCUT2D eigenvalue weighted by Crippen LogP contribution is -2.13. The number of carbonyl (C=O) groups is 1. The number of anilines is 2. The number of carbonyl (C=O) groups excluding carboxylic acids is 1. The maximum atomic E-state index is 12.1. The molecule has 5 heteroatoms. The van der Waals surface area contributed by atoms with Crippen LogP contribution in [0.15, 0.2) is 41.0 Å². The molecule has 0 aliphatic carbocycles. The SMILES string of the molecule is CNc1ccc(C(=O)Nc2ncccc2Br)cc1C. The first-order valence-corrected chi connectivity index (χ1v) is 6.61. The Labute approximate surface area is 120 Å². The number of amides is 1. The van der Waals surface area contributed by atoms with Gasteiger partial charge < -0.3 is 10.6 Å². The zero-order valence-corrected chi connectivity index (χ0v) is 12.3. The summed E-state index contributed by atoms with van der Waals surface area (Å²) in [7, 11) is 1.85. The molecule has 0 radical (unpaired) electrons. The highest BCUT2D eigenvalue weighted by atomic mass is 79.9. The summed E-state index contributed by atoms with van der Waals surface area (Å²) < 4.78 is 0.756. The Morgan fingerprint density at radius 3 is 2.74 bits per heavy atom. The minimum absolute atomic E-state index is 0.176. The Hall–Kier alpha value is -1.88. The molecule has 2 aromatic rings. The molecule has 0 atom stereocenters. The van der Waals surface area contributed by atoms with E-state index < -0.39 is 0 Å². The highest BCUT2D eigenvalue weighted by Gasteiger charge is 2.10. The number of rotatable bonds is 3. The molecule has 1 amide bonds. The highest BCUT2D eigenvalue weighted by molar-refractivity contribution is 9.10. The number of aromatic nitrogens is 1. The number of hydrogen-bond donors (Lipinski definition) is 2. The zero-order chi connectivity index (χ0) is 13.8. The molecule has 1 aromatic heterocycles. The third-order valence-electron chi connectivity index (χ3n) is 2.75.